The predicted octanol–water partition coefficient (Wildman–Crippen LogP) is 2.69. The van der Waals surface area contributed by atoms with Gasteiger partial charge in [-0.2, -0.15) is 0 Å². The fraction of sp³-hybridized carbons (Fsp3) is 0.143. The van der Waals surface area contributed by atoms with Crippen LogP contribution in [-0.2, 0) is 9.53 Å². The number of furan rings is 1. The minimum atomic E-state index is -0.588. The number of hydrogen-bond donors (Lipinski definition) is 1. The van der Waals surface area contributed by atoms with E-state index in [0.29, 0.717) is 5.56 Å². The lowest BCUT2D eigenvalue weighted by Gasteiger charge is -2.00. The molecular weight excluding hydrogens is 246 g/mol. The molecule has 1 aromatic heterocycles. The van der Waals surface area contributed by atoms with Crippen LogP contribution in [0, 0.1) is 0 Å². The summed E-state index contributed by atoms with van der Waals surface area (Å²) in [5.74, 6) is -0.579. The monoisotopic (exact) mass is 259 g/mol. The Bertz CT molecular complexity index is 601. The molecule has 2 aromatic rings. The molecule has 19 heavy (non-hydrogen) atoms. The van der Waals surface area contributed by atoms with E-state index in [4.69, 9.17) is 4.42 Å². The highest BCUT2D eigenvalue weighted by atomic mass is 16.5. The largest absolute Gasteiger partial charge is 0.463 e. The van der Waals surface area contributed by atoms with Crippen LogP contribution >= 0.6 is 0 Å². The van der Waals surface area contributed by atoms with Crippen LogP contribution in [0.4, 0.5) is 5.88 Å². The maximum Gasteiger partial charge on any atom is 0.374 e. The van der Waals surface area contributed by atoms with Crippen molar-refractivity contribution in [1.29, 1.82) is 0 Å². The zero-order chi connectivity index (χ0) is 13.8. The molecule has 0 saturated carbocycles. The number of benzene rings is 1. The molecule has 0 bridgehead atoms. The summed E-state index contributed by atoms with van der Waals surface area (Å²) in [5.41, 5.74) is 1.39. The number of ether oxygens (including phenoxy) is 1. The lowest BCUT2D eigenvalue weighted by atomic mass is 10.1. The van der Waals surface area contributed by atoms with Crippen LogP contribution in [0.15, 0.2) is 40.8 Å². The van der Waals surface area contributed by atoms with Gasteiger partial charge in [0, 0.05) is 18.6 Å². The van der Waals surface area contributed by atoms with Crippen molar-refractivity contribution in [3.8, 4) is 11.1 Å². The summed E-state index contributed by atoms with van der Waals surface area (Å²) in [4.78, 5) is 22.7. The van der Waals surface area contributed by atoms with Gasteiger partial charge in [-0.3, -0.25) is 10.1 Å². The van der Waals surface area contributed by atoms with Crippen molar-refractivity contribution in [3.05, 3.63) is 42.2 Å². The van der Waals surface area contributed by atoms with Crippen LogP contribution in [0.5, 0.6) is 0 Å². The SMILES string of the molecule is COC(=O)c1oc(NC(C)=O)cc1-c1ccccc1. The molecule has 0 fully saturated rings. The number of amides is 1. The molecule has 1 aromatic carbocycles. The second kappa shape index (κ2) is 5.39. The molecule has 0 aliphatic carbocycles. The van der Waals surface area contributed by atoms with Gasteiger partial charge >= 0.3 is 5.97 Å². The van der Waals surface area contributed by atoms with Gasteiger partial charge in [-0.25, -0.2) is 4.79 Å². The van der Waals surface area contributed by atoms with Crippen LogP contribution in [-0.4, -0.2) is 19.0 Å². The average molecular weight is 259 g/mol. The molecule has 0 atom stereocenters. The highest BCUT2D eigenvalue weighted by Crippen LogP contribution is 2.30. The Morgan fingerprint density at radius 1 is 1.21 bits per heavy atom. The van der Waals surface area contributed by atoms with E-state index < -0.39 is 5.97 Å². The maximum atomic E-state index is 11.7. The zero-order valence-corrected chi connectivity index (χ0v) is 10.6. The molecule has 0 radical (unpaired) electrons. The van der Waals surface area contributed by atoms with Crippen molar-refractivity contribution in [2.75, 3.05) is 12.4 Å². The highest BCUT2D eigenvalue weighted by molar-refractivity contribution is 5.97. The lowest BCUT2D eigenvalue weighted by molar-refractivity contribution is -0.114. The summed E-state index contributed by atoms with van der Waals surface area (Å²) in [6.07, 6.45) is 0. The first-order chi connectivity index (χ1) is 9.11. The molecule has 98 valence electrons. The van der Waals surface area contributed by atoms with Gasteiger partial charge in [-0.05, 0) is 5.56 Å². The number of anilines is 1. The second-order valence-corrected chi connectivity index (χ2v) is 3.89. The van der Waals surface area contributed by atoms with Crippen LogP contribution in [0.2, 0.25) is 0 Å². The summed E-state index contributed by atoms with van der Waals surface area (Å²) in [7, 11) is 1.28. The smallest absolute Gasteiger partial charge is 0.374 e. The van der Waals surface area contributed by atoms with E-state index in [2.05, 4.69) is 10.1 Å². The van der Waals surface area contributed by atoms with Gasteiger partial charge in [-0.15, -0.1) is 0 Å². The number of methoxy groups -OCH3 is 1. The minimum absolute atomic E-state index is 0.0671. The summed E-state index contributed by atoms with van der Waals surface area (Å²) < 4.78 is 10.00. The topological polar surface area (TPSA) is 68.5 Å². The first-order valence-electron chi connectivity index (χ1n) is 5.67. The number of esters is 1. The van der Waals surface area contributed by atoms with Crippen molar-refractivity contribution >= 4 is 17.8 Å². The predicted molar refractivity (Wildman–Crippen MR) is 69.8 cm³/mol. The van der Waals surface area contributed by atoms with Gasteiger partial charge in [-0.1, -0.05) is 30.3 Å². The van der Waals surface area contributed by atoms with Crippen LogP contribution < -0.4 is 5.32 Å². The fourth-order valence-corrected chi connectivity index (χ4v) is 1.70. The lowest BCUT2D eigenvalue weighted by Crippen LogP contribution is -2.04. The Kier molecular flexibility index (Phi) is 3.66. The van der Waals surface area contributed by atoms with Crippen molar-refractivity contribution in [3.63, 3.8) is 0 Å². The van der Waals surface area contributed by atoms with Crippen molar-refractivity contribution in [2.24, 2.45) is 0 Å². The van der Waals surface area contributed by atoms with E-state index in [9.17, 15) is 9.59 Å². The zero-order valence-electron chi connectivity index (χ0n) is 10.6. The van der Waals surface area contributed by atoms with Gasteiger partial charge < -0.3 is 9.15 Å². The van der Waals surface area contributed by atoms with E-state index in [1.165, 1.54) is 14.0 Å². The van der Waals surface area contributed by atoms with Crippen LogP contribution in [0.1, 0.15) is 17.5 Å². The van der Waals surface area contributed by atoms with Gasteiger partial charge in [0.25, 0.3) is 0 Å². The first-order valence-corrected chi connectivity index (χ1v) is 5.67. The molecule has 1 N–H and O–H groups in total. The van der Waals surface area contributed by atoms with Crippen LogP contribution in [0.3, 0.4) is 0 Å². The van der Waals surface area contributed by atoms with Crippen molar-refractivity contribution in [1.82, 2.24) is 0 Å². The van der Waals surface area contributed by atoms with E-state index in [0.717, 1.165) is 5.56 Å². The summed E-state index contributed by atoms with van der Waals surface area (Å²) >= 11 is 0. The van der Waals surface area contributed by atoms with Gasteiger partial charge in [0.2, 0.25) is 17.6 Å². The Hall–Kier alpha value is -2.56. The quantitative estimate of drug-likeness (QED) is 0.860. The molecule has 0 spiro atoms. The molecule has 1 amide bonds. The second-order valence-electron chi connectivity index (χ2n) is 3.89. The molecule has 0 aliphatic rings. The highest BCUT2D eigenvalue weighted by Gasteiger charge is 2.20. The van der Waals surface area contributed by atoms with E-state index in [1.807, 2.05) is 30.3 Å². The maximum absolute atomic E-state index is 11.7. The molecular formula is C14H13NO4. The van der Waals surface area contributed by atoms with E-state index in [1.54, 1.807) is 6.07 Å². The van der Waals surface area contributed by atoms with Gasteiger partial charge in [0.1, 0.15) is 0 Å². The minimum Gasteiger partial charge on any atom is -0.463 e. The number of hydrogen-bond acceptors (Lipinski definition) is 4. The third-order valence-electron chi connectivity index (χ3n) is 2.49. The normalized spacial score (nSPS) is 10.0. The Morgan fingerprint density at radius 2 is 1.89 bits per heavy atom. The molecule has 0 aliphatic heterocycles. The van der Waals surface area contributed by atoms with Crippen LogP contribution in [0.25, 0.3) is 11.1 Å². The molecule has 5 nitrogen and oxygen atoms in total. The summed E-state index contributed by atoms with van der Waals surface area (Å²) in [6.45, 7) is 1.36. The average Bonchev–Trinajstić information content (AvgIpc) is 2.82. The summed E-state index contributed by atoms with van der Waals surface area (Å²) in [6, 6.07) is 10.9. The van der Waals surface area contributed by atoms with Crippen molar-refractivity contribution in [2.45, 2.75) is 6.92 Å². The standard InChI is InChI=1S/C14H13NO4/c1-9(16)15-12-8-11(10-6-4-3-5-7-10)13(19-12)14(17)18-2/h3-8H,1-2H3,(H,15,16). The Morgan fingerprint density at radius 3 is 2.47 bits per heavy atom. The number of rotatable bonds is 3. The number of carbonyl (C=O) groups is 2. The van der Waals surface area contributed by atoms with E-state index in [-0.39, 0.29) is 17.6 Å². The molecule has 0 saturated heterocycles. The summed E-state index contributed by atoms with van der Waals surface area (Å²) in [5, 5.41) is 2.50. The Balaban J connectivity index is 2.48. The van der Waals surface area contributed by atoms with Gasteiger partial charge in [0.15, 0.2) is 0 Å². The third-order valence-corrected chi connectivity index (χ3v) is 2.49. The molecule has 1 heterocycles. The fourth-order valence-electron chi connectivity index (χ4n) is 1.70. The number of carbonyl (C=O) groups excluding carboxylic acids is 2. The number of nitrogens with one attached hydrogen (secondary N) is 1. The Labute approximate surface area is 110 Å². The van der Waals surface area contributed by atoms with Gasteiger partial charge in [0.05, 0.1) is 7.11 Å². The van der Waals surface area contributed by atoms with E-state index >= 15 is 0 Å². The first kappa shape index (κ1) is 12.9. The molecule has 2 rings (SSSR count). The molecule has 5 heteroatoms. The molecule has 0 unspecified atom stereocenters. The van der Waals surface area contributed by atoms with Crippen molar-refractivity contribution < 1.29 is 18.7 Å². The third kappa shape index (κ3) is 2.82.